The van der Waals surface area contributed by atoms with Gasteiger partial charge < -0.3 is 14.2 Å². The number of hydrogen-bond donors (Lipinski definition) is 0. The van der Waals surface area contributed by atoms with Crippen molar-refractivity contribution in [2.45, 2.75) is 55.6 Å². The first-order valence-electron chi connectivity index (χ1n) is 7.75. The maximum absolute atomic E-state index is 14.3. The zero-order valence-electron chi connectivity index (χ0n) is 13.4. The topological polar surface area (TPSA) is 61.8 Å². The quantitative estimate of drug-likeness (QED) is 0.760. The summed E-state index contributed by atoms with van der Waals surface area (Å²) in [6.07, 6.45) is -0.434. The second-order valence-corrected chi connectivity index (χ2v) is 7.65. The molecule has 1 aliphatic heterocycles. The number of benzene rings is 1. The molecule has 1 aliphatic rings. The standard InChI is InChI=1S/C16H23FO5S/c1-3-12(2)22-16-11-20-13(10-21-16)9-15(17)23(18,19)14-7-5-4-6-8-14/h4-8,12-13,15-16H,3,9-11H2,1-2H3. The number of halogens is 1. The molecule has 7 heteroatoms. The molecule has 0 saturated carbocycles. The fourth-order valence-corrected chi connectivity index (χ4v) is 3.49. The molecule has 4 unspecified atom stereocenters. The Kier molecular flexibility index (Phi) is 6.52. The lowest BCUT2D eigenvalue weighted by Gasteiger charge is -2.31. The molecule has 5 nitrogen and oxygen atoms in total. The Hall–Kier alpha value is -1.02. The molecule has 1 aromatic carbocycles. The molecule has 1 saturated heterocycles. The van der Waals surface area contributed by atoms with Crippen LogP contribution in [-0.2, 0) is 24.0 Å². The van der Waals surface area contributed by atoms with Gasteiger partial charge in [-0.15, -0.1) is 0 Å². The van der Waals surface area contributed by atoms with Crippen LogP contribution in [0, 0.1) is 0 Å². The predicted molar refractivity (Wildman–Crippen MR) is 83.5 cm³/mol. The second-order valence-electron chi connectivity index (χ2n) is 5.58. The summed E-state index contributed by atoms with van der Waals surface area (Å²) in [5.74, 6) is 0. The Balaban J connectivity index is 1.86. The summed E-state index contributed by atoms with van der Waals surface area (Å²) >= 11 is 0. The Morgan fingerprint density at radius 2 is 1.96 bits per heavy atom. The minimum Gasteiger partial charge on any atom is -0.370 e. The maximum atomic E-state index is 14.3. The molecule has 2 rings (SSSR count). The van der Waals surface area contributed by atoms with Crippen LogP contribution in [0.15, 0.2) is 35.2 Å². The lowest BCUT2D eigenvalue weighted by Crippen LogP contribution is -2.40. The average molecular weight is 346 g/mol. The lowest BCUT2D eigenvalue weighted by molar-refractivity contribution is -0.249. The van der Waals surface area contributed by atoms with E-state index in [1.807, 2.05) is 13.8 Å². The Morgan fingerprint density at radius 1 is 1.26 bits per heavy atom. The highest BCUT2D eigenvalue weighted by Crippen LogP contribution is 2.23. The van der Waals surface area contributed by atoms with Gasteiger partial charge in [-0.05, 0) is 25.5 Å². The van der Waals surface area contributed by atoms with Gasteiger partial charge in [-0.2, -0.15) is 0 Å². The third-order valence-electron chi connectivity index (χ3n) is 3.75. The molecular weight excluding hydrogens is 323 g/mol. The molecule has 23 heavy (non-hydrogen) atoms. The van der Waals surface area contributed by atoms with Crippen molar-refractivity contribution in [1.29, 1.82) is 0 Å². The molecule has 1 aromatic rings. The number of ether oxygens (including phenoxy) is 3. The molecule has 0 aromatic heterocycles. The average Bonchev–Trinajstić information content (AvgIpc) is 2.57. The van der Waals surface area contributed by atoms with E-state index in [2.05, 4.69) is 0 Å². The molecule has 1 fully saturated rings. The maximum Gasteiger partial charge on any atom is 0.210 e. The third kappa shape index (κ3) is 4.97. The van der Waals surface area contributed by atoms with E-state index in [-0.39, 0.29) is 30.6 Å². The molecule has 0 amide bonds. The Labute approximate surface area is 136 Å². The molecule has 0 N–H and O–H groups in total. The fourth-order valence-electron chi connectivity index (χ4n) is 2.19. The summed E-state index contributed by atoms with van der Waals surface area (Å²) < 4.78 is 55.1. The first-order valence-corrected chi connectivity index (χ1v) is 9.29. The minimum absolute atomic E-state index is 0.0257. The minimum atomic E-state index is -4.01. The molecule has 0 radical (unpaired) electrons. The van der Waals surface area contributed by atoms with E-state index >= 15 is 0 Å². The van der Waals surface area contributed by atoms with Gasteiger partial charge in [0.1, 0.15) is 0 Å². The molecule has 0 aliphatic carbocycles. The van der Waals surface area contributed by atoms with E-state index in [9.17, 15) is 12.8 Å². The van der Waals surface area contributed by atoms with Crippen LogP contribution < -0.4 is 0 Å². The van der Waals surface area contributed by atoms with Crippen molar-refractivity contribution in [3.63, 3.8) is 0 Å². The van der Waals surface area contributed by atoms with Crippen LogP contribution in [0.1, 0.15) is 26.7 Å². The van der Waals surface area contributed by atoms with E-state index < -0.39 is 27.7 Å². The Bertz CT molecular complexity index is 569. The summed E-state index contributed by atoms with van der Waals surface area (Å²) in [5, 5.41) is 0. The van der Waals surface area contributed by atoms with Gasteiger partial charge in [-0.25, -0.2) is 12.8 Å². The fraction of sp³-hybridized carbons (Fsp3) is 0.625. The number of sulfone groups is 1. The summed E-state index contributed by atoms with van der Waals surface area (Å²) in [6, 6.07) is 7.58. The van der Waals surface area contributed by atoms with Gasteiger partial charge in [0.25, 0.3) is 0 Å². The second kappa shape index (κ2) is 8.19. The van der Waals surface area contributed by atoms with E-state index in [1.54, 1.807) is 18.2 Å². The van der Waals surface area contributed by atoms with Gasteiger partial charge >= 0.3 is 0 Å². The van der Waals surface area contributed by atoms with E-state index in [4.69, 9.17) is 14.2 Å². The van der Waals surface area contributed by atoms with Crippen molar-refractivity contribution in [3.05, 3.63) is 30.3 Å². The van der Waals surface area contributed by atoms with Crippen molar-refractivity contribution in [2.24, 2.45) is 0 Å². The van der Waals surface area contributed by atoms with E-state index in [0.717, 1.165) is 6.42 Å². The van der Waals surface area contributed by atoms with Crippen molar-refractivity contribution in [2.75, 3.05) is 13.2 Å². The number of rotatable bonds is 7. The van der Waals surface area contributed by atoms with E-state index in [1.165, 1.54) is 12.1 Å². The highest BCUT2D eigenvalue weighted by molar-refractivity contribution is 7.91. The molecular formula is C16H23FO5S. The van der Waals surface area contributed by atoms with Gasteiger partial charge in [0, 0.05) is 6.42 Å². The van der Waals surface area contributed by atoms with Gasteiger partial charge in [0.05, 0.1) is 30.3 Å². The predicted octanol–water partition coefficient (Wildman–Crippen LogP) is 2.70. The number of hydrogen-bond acceptors (Lipinski definition) is 5. The van der Waals surface area contributed by atoms with Gasteiger partial charge in [0.15, 0.2) is 6.29 Å². The highest BCUT2D eigenvalue weighted by atomic mass is 32.2. The van der Waals surface area contributed by atoms with Crippen LogP contribution in [0.3, 0.4) is 0 Å². The molecule has 0 bridgehead atoms. The molecule has 130 valence electrons. The summed E-state index contributed by atoms with van der Waals surface area (Å²) in [6.45, 7) is 4.22. The smallest absolute Gasteiger partial charge is 0.210 e. The Morgan fingerprint density at radius 3 is 2.52 bits per heavy atom. The summed E-state index contributed by atoms with van der Waals surface area (Å²) in [5.41, 5.74) is -2.02. The zero-order valence-corrected chi connectivity index (χ0v) is 14.2. The lowest BCUT2D eigenvalue weighted by atomic mass is 10.2. The summed E-state index contributed by atoms with van der Waals surface area (Å²) in [7, 11) is -4.01. The van der Waals surface area contributed by atoms with Gasteiger partial charge in [-0.1, -0.05) is 25.1 Å². The van der Waals surface area contributed by atoms with Crippen LogP contribution in [0.2, 0.25) is 0 Å². The zero-order chi connectivity index (χ0) is 16.9. The van der Waals surface area contributed by atoms with E-state index in [0.29, 0.717) is 0 Å². The first-order chi connectivity index (χ1) is 10.9. The monoisotopic (exact) mass is 346 g/mol. The van der Waals surface area contributed by atoms with Crippen LogP contribution in [-0.4, -0.2) is 45.6 Å². The van der Waals surface area contributed by atoms with Crippen LogP contribution in [0.25, 0.3) is 0 Å². The van der Waals surface area contributed by atoms with Crippen molar-refractivity contribution >= 4 is 9.84 Å². The molecule has 0 spiro atoms. The normalized spacial score (nSPS) is 25.0. The van der Waals surface area contributed by atoms with Crippen molar-refractivity contribution in [1.82, 2.24) is 0 Å². The van der Waals surface area contributed by atoms with Gasteiger partial charge in [-0.3, -0.25) is 0 Å². The largest absolute Gasteiger partial charge is 0.370 e. The summed E-state index contributed by atoms with van der Waals surface area (Å²) in [4.78, 5) is -0.0257. The highest BCUT2D eigenvalue weighted by Gasteiger charge is 2.33. The third-order valence-corrected chi connectivity index (χ3v) is 5.55. The first kappa shape index (κ1) is 18.3. The van der Waals surface area contributed by atoms with Crippen LogP contribution in [0.4, 0.5) is 4.39 Å². The molecule has 1 heterocycles. The van der Waals surface area contributed by atoms with Crippen LogP contribution >= 0.6 is 0 Å². The SMILES string of the molecule is CCC(C)OC1COC(CC(F)S(=O)(=O)c2ccccc2)CO1. The van der Waals surface area contributed by atoms with Crippen molar-refractivity contribution in [3.8, 4) is 0 Å². The van der Waals surface area contributed by atoms with Crippen molar-refractivity contribution < 1.29 is 27.0 Å². The van der Waals surface area contributed by atoms with Crippen LogP contribution in [0.5, 0.6) is 0 Å². The molecule has 4 atom stereocenters. The van der Waals surface area contributed by atoms with Gasteiger partial charge in [0.2, 0.25) is 15.3 Å². The number of alkyl halides is 1.